The molecule has 1 unspecified atom stereocenters. The van der Waals surface area contributed by atoms with Crippen molar-refractivity contribution in [3.05, 3.63) is 23.8 Å². The molecule has 2 rings (SSSR count). The molecule has 1 aromatic rings. The average Bonchev–Trinajstić information content (AvgIpc) is 3.03. The van der Waals surface area contributed by atoms with E-state index in [4.69, 9.17) is 9.47 Å². The van der Waals surface area contributed by atoms with Crippen LogP contribution in [0.15, 0.2) is 18.2 Å². The van der Waals surface area contributed by atoms with Gasteiger partial charge in [0.15, 0.2) is 11.5 Å². The Hall–Kier alpha value is -1.46. The highest BCUT2D eigenvalue weighted by atomic mass is 35.5. The number of likely N-dealkylation sites (tertiary alicyclic amines) is 1. The number of nitrogens with one attached hydrogen (secondary N) is 1. The van der Waals surface area contributed by atoms with Gasteiger partial charge in [0.05, 0.1) is 13.7 Å². The highest BCUT2D eigenvalue weighted by Gasteiger charge is 2.27. The van der Waals surface area contributed by atoms with Gasteiger partial charge in [-0.2, -0.15) is 0 Å². The lowest BCUT2D eigenvalue weighted by Crippen LogP contribution is -2.30. The summed E-state index contributed by atoms with van der Waals surface area (Å²) in [7, 11) is 3.56. The van der Waals surface area contributed by atoms with Crippen molar-refractivity contribution in [2.24, 2.45) is 11.8 Å². The van der Waals surface area contributed by atoms with Crippen LogP contribution in [0.5, 0.6) is 11.5 Å². The number of hydrogen-bond acceptors (Lipinski definition) is 4. The fraction of sp³-hybridized carbons (Fsp3) is 0.632. The summed E-state index contributed by atoms with van der Waals surface area (Å²) in [6.45, 7) is 7.57. The molecule has 1 saturated heterocycles. The number of carbonyl (C=O) groups excluding carboxylic acids is 1. The first kappa shape index (κ1) is 21.6. The first-order valence-corrected chi connectivity index (χ1v) is 8.79. The molecule has 1 N–H and O–H groups in total. The fourth-order valence-electron chi connectivity index (χ4n) is 2.98. The molecule has 1 aromatic carbocycles. The number of carbonyl (C=O) groups is 1. The van der Waals surface area contributed by atoms with E-state index in [1.165, 1.54) is 0 Å². The molecule has 5 nitrogen and oxygen atoms in total. The van der Waals surface area contributed by atoms with Crippen LogP contribution < -0.4 is 14.8 Å². The normalized spacial score (nSPS) is 16.7. The van der Waals surface area contributed by atoms with Gasteiger partial charge in [0.1, 0.15) is 0 Å². The van der Waals surface area contributed by atoms with E-state index in [2.05, 4.69) is 19.2 Å². The summed E-state index contributed by atoms with van der Waals surface area (Å²) >= 11 is 0. The Bertz CT molecular complexity index is 551. The Morgan fingerprint density at radius 2 is 2.12 bits per heavy atom. The van der Waals surface area contributed by atoms with Crippen LogP contribution in [0.4, 0.5) is 0 Å². The predicted molar refractivity (Wildman–Crippen MR) is 103 cm³/mol. The maximum atomic E-state index is 12.7. The van der Waals surface area contributed by atoms with Gasteiger partial charge < -0.3 is 19.7 Å². The van der Waals surface area contributed by atoms with Crippen molar-refractivity contribution in [1.82, 2.24) is 10.2 Å². The number of ether oxygens (including phenoxy) is 2. The highest BCUT2D eigenvalue weighted by Crippen LogP contribution is 2.29. The summed E-state index contributed by atoms with van der Waals surface area (Å²) in [5, 5.41) is 3.19. The van der Waals surface area contributed by atoms with Crippen LogP contribution in [0.1, 0.15) is 37.0 Å². The van der Waals surface area contributed by atoms with Crippen LogP contribution in [-0.4, -0.2) is 51.2 Å². The van der Waals surface area contributed by atoms with Gasteiger partial charge in [0, 0.05) is 18.7 Å². The molecule has 0 aromatic heterocycles. The van der Waals surface area contributed by atoms with Crippen molar-refractivity contribution in [2.45, 2.75) is 26.7 Å². The molecule has 1 aliphatic heterocycles. The SMILES string of the molecule is CNCC1CCN(C(=O)c2ccc(OCCC(C)C)c(OC)c2)C1.Cl. The van der Waals surface area contributed by atoms with Gasteiger partial charge in [0.25, 0.3) is 5.91 Å². The Kier molecular flexibility index (Phi) is 9.08. The molecule has 142 valence electrons. The maximum Gasteiger partial charge on any atom is 0.254 e. The lowest BCUT2D eigenvalue weighted by Gasteiger charge is -2.18. The topological polar surface area (TPSA) is 50.8 Å². The smallest absolute Gasteiger partial charge is 0.254 e. The molecule has 0 saturated carbocycles. The van der Waals surface area contributed by atoms with Gasteiger partial charge >= 0.3 is 0 Å². The van der Waals surface area contributed by atoms with E-state index >= 15 is 0 Å². The fourth-order valence-corrected chi connectivity index (χ4v) is 2.98. The van der Waals surface area contributed by atoms with Crippen LogP contribution in [0.3, 0.4) is 0 Å². The van der Waals surface area contributed by atoms with Gasteiger partial charge in [-0.05, 0) is 56.5 Å². The Morgan fingerprint density at radius 1 is 1.36 bits per heavy atom. The zero-order valence-electron chi connectivity index (χ0n) is 15.7. The van der Waals surface area contributed by atoms with Gasteiger partial charge in [-0.3, -0.25) is 4.79 Å². The molecule has 1 fully saturated rings. The second kappa shape index (κ2) is 10.5. The highest BCUT2D eigenvalue weighted by molar-refractivity contribution is 5.95. The second-order valence-electron chi connectivity index (χ2n) is 6.86. The Balaban J connectivity index is 0.00000312. The molecular weight excluding hydrogens is 340 g/mol. The molecule has 0 aliphatic carbocycles. The van der Waals surface area contributed by atoms with Crippen molar-refractivity contribution in [3.8, 4) is 11.5 Å². The molecule has 0 bridgehead atoms. The van der Waals surface area contributed by atoms with Gasteiger partial charge in [-0.25, -0.2) is 0 Å². The number of halogens is 1. The molecule has 0 spiro atoms. The summed E-state index contributed by atoms with van der Waals surface area (Å²) in [5.74, 6) is 2.53. The van der Waals surface area contributed by atoms with E-state index in [9.17, 15) is 4.79 Å². The summed E-state index contributed by atoms with van der Waals surface area (Å²) in [5.41, 5.74) is 0.660. The molecule has 1 amide bonds. The van der Waals surface area contributed by atoms with Crippen molar-refractivity contribution >= 4 is 18.3 Å². The largest absolute Gasteiger partial charge is 0.493 e. The van der Waals surface area contributed by atoms with Crippen LogP contribution in [-0.2, 0) is 0 Å². The number of benzene rings is 1. The number of hydrogen-bond donors (Lipinski definition) is 1. The lowest BCUT2D eigenvalue weighted by molar-refractivity contribution is 0.0786. The van der Waals surface area contributed by atoms with Crippen LogP contribution in [0, 0.1) is 11.8 Å². The van der Waals surface area contributed by atoms with Crippen LogP contribution in [0.2, 0.25) is 0 Å². The molecule has 1 heterocycles. The minimum Gasteiger partial charge on any atom is -0.493 e. The first-order valence-electron chi connectivity index (χ1n) is 8.79. The predicted octanol–water partition coefficient (Wildman–Crippen LogP) is 3.22. The Labute approximate surface area is 157 Å². The van der Waals surface area contributed by atoms with Crippen molar-refractivity contribution < 1.29 is 14.3 Å². The molecule has 25 heavy (non-hydrogen) atoms. The summed E-state index contributed by atoms with van der Waals surface area (Å²) in [6, 6.07) is 5.47. The van der Waals surface area contributed by atoms with E-state index in [-0.39, 0.29) is 18.3 Å². The van der Waals surface area contributed by atoms with Crippen molar-refractivity contribution in [2.75, 3.05) is 40.4 Å². The zero-order chi connectivity index (χ0) is 17.5. The Morgan fingerprint density at radius 3 is 2.76 bits per heavy atom. The molecule has 1 atom stereocenters. The molecular formula is C19H31ClN2O3. The quantitative estimate of drug-likeness (QED) is 0.763. The number of amides is 1. The van der Waals surface area contributed by atoms with Crippen molar-refractivity contribution in [3.63, 3.8) is 0 Å². The number of nitrogens with zero attached hydrogens (tertiary/aromatic N) is 1. The standard InChI is InChI=1S/C19H30N2O3.ClH/c1-14(2)8-10-24-17-6-5-16(11-18(17)23-4)19(22)21-9-7-15(13-21)12-20-3;/h5-6,11,14-15,20H,7-10,12-13H2,1-4H3;1H. The van der Waals surface area contributed by atoms with Crippen molar-refractivity contribution in [1.29, 1.82) is 0 Å². The van der Waals surface area contributed by atoms with Gasteiger partial charge in [-0.1, -0.05) is 13.8 Å². The molecule has 0 radical (unpaired) electrons. The third kappa shape index (κ3) is 6.08. The van der Waals surface area contributed by atoms with Gasteiger partial charge in [0.2, 0.25) is 0 Å². The number of methoxy groups -OCH3 is 1. The van der Waals surface area contributed by atoms with Crippen LogP contribution in [0.25, 0.3) is 0 Å². The third-order valence-corrected chi connectivity index (χ3v) is 4.43. The zero-order valence-corrected chi connectivity index (χ0v) is 16.5. The molecule has 1 aliphatic rings. The third-order valence-electron chi connectivity index (χ3n) is 4.43. The first-order chi connectivity index (χ1) is 11.5. The molecule has 6 heteroatoms. The minimum absolute atomic E-state index is 0. The lowest BCUT2D eigenvalue weighted by atomic mass is 10.1. The average molecular weight is 371 g/mol. The van der Waals surface area contributed by atoms with E-state index < -0.39 is 0 Å². The van der Waals surface area contributed by atoms with E-state index in [1.807, 2.05) is 24.1 Å². The summed E-state index contributed by atoms with van der Waals surface area (Å²) in [4.78, 5) is 14.6. The maximum absolute atomic E-state index is 12.7. The summed E-state index contributed by atoms with van der Waals surface area (Å²) in [6.07, 6.45) is 2.05. The minimum atomic E-state index is 0. The monoisotopic (exact) mass is 370 g/mol. The van der Waals surface area contributed by atoms with E-state index in [0.29, 0.717) is 35.5 Å². The van der Waals surface area contributed by atoms with E-state index in [0.717, 1.165) is 32.5 Å². The van der Waals surface area contributed by atoms with Gasteiger partial charge in [-0.15, -0.1) is 12.4 Å². The summed E-state index contributed by atoms with van der Waals surface area (Å²) < 4.78 is 11.2. The second-order valence-corrected chi connectivity index (χ2v) is 6.86. The van der Waals surface area contributed by atoms with E-state index in [1.54, 1.807) is 13.2 Å². The number of rotatable bonds is 8. The van der Waals surface area contributed by atoms with Crippen LogP contribution >= 0.6 is 12.4 Å².